The number of halogens is 1. The van der Waals surface area contributed by atoms with Crippen LogP contribution in [0.15, 0.2) is 48.5 Å². The molecule has 18 heavy (non-hydrogen) atoms. The van der Waals surface area contributed by atoms with E-state index < -0.39 is 0 Å². The first-order valence-corrected chi connectivity index (χ1v) is 6.08. The van der Waals surface area contributed by atoms with Gasteiger partial charge in [-0.2, -0.15) is 0 Å². The second-order valence-corrected chi connectivity index (χ2v) is 4.55. The van der Waals surface area contributed by atoms with Crippen LogP contribution >= 0.6 is 11.6 Å². The standard InChI is InChI=1S/C14H12ClN3/c15-10-7-4-8-11-13(10)18-14(17-11)12(16)9-5-2-1-3-6-9/h1-8,12H,16H2,(H,17,18). The molecular weight excluding hydrogens is 246 g/mol. The van der Waals surface area contributed by atoms with Crippen molar-refractivity contribution in [3.63, 3.8) is 0 Å². The van der Waals surface area contributed by atoms with Crippen LogP contribution in [0.4, 0.5) is 0 Å². The van der Waals surface area contributed by atoms with Gasteiger partial charge in [-0.25, -0.2) is 4.98 Å². The number of para-hydroxylation sites is 1. The lowest BCUT2D eigenvalue weighted by molar-refractivity contribution is 0.806. The van der Waals surface area contributed by atoms with Crippen LogP contribution in [0.5, 0.6) is 0 Å². The predicted octanol–water partition coefficient (Wildman–Crippen LogP) is 3.26. The average molecular weight is 258 g/mol. The van der Waals surface area contributed by atoms with E-state index in [4.69, 9.17) is 17.3 Å². The van der Waals surface area contributed by atoms with Crippen molar-refractivity contribution in [3.05, 3.63) is 64.9 Å². The number of rotatable bonds is 2. The van der Waals surface area contributed by atoms with Gasteiger partial charge < -0.3 is 10.7 Å². The summed E-state index contributed by atoms with van der Waals surface area (Å²) in [6.07, 6.45) is 0. The van der Waals surface area contributed by atoms with E-state index in [1.165, 1.54) is 0 Å². The van der Waals surface area contributed by atoms with Crippen LogP contribution < -0.4 is 5.73 Å². The number of imidazole rings is 1. The minimum absolute atomic E-state index is 0.269. The molecule has 1 aromatic heterocycles. The van der Waals surface area contributed by atoms with Gasteiger partial charge in [-0.05, 0) is 17.7 Å². The van der Waals surface area contributed by atoms with Crippen molar-refractivity contribution in [3.8, 4) is 0 Å². The highest BCUT2D eigenvalue weighted by atomic mass is 35.5. The number of fused-ring (bicyclic) bond motifs is 1. The first-order chi connectivity index (χ1) is 8.75. The normalized spacial score (nSPS) is 12.8. The SMILES string of the molecule is NC(c1ccccc1)c1nc2c(Cl)cccc2[nH]1. The lowest BCUT2D eigenvalue weighted by Crippen LogP contribution is -2.13. The molecule has 0 amide bonds. The summed E-state index contributed by atoms with van der Waals surface area (Å²) in [5.74, 6) is 0.726. The fourth-order valence-corrected chi connectivity index (χ4v) is 2.20. The van der Waals surface area contributed by atoms with Crippen molar-refractivity contribution >= 4 is 22.6 Å². The lowest BCUT2D eigenvalue weighted by atomic mass is 10.1. The minimum atomic E-state index is -0.269. The van der Waals surface area contributed by atoms with E-state index in [9.17, 15) is 0 Å². The molecule has 0 saturated heterocycles. The third-order valence-electron chi connectivity index (χ3n) is 2.94. The fourth-order valence-electron chi connectivity index (χ4n) is 1.98. The molecule has 2 aromatic carbocycles. The van der Waals surface area contributed by atoms with Crippen molar-refractivity contribution in [2.45, 2.75) is 6.04 Å². The largest absolute Gasteiger partial charge is 0.340 e. The van der Waals surface area contributed by atoms with E-state index in [0.29, 0.717) is 5.02 Å². The zero-order valence-electron chi connectivity index (χ0n) is 9.60. The van der Waals surface area contributed by atoms with Crippen molar-refractivity contribution in [1.82, 2.24) is 9.97 Å². The Labute approximate surface area is 110 Å². The number of nitrogens with one attached hydrogen (secondary N) is 1. The highest BCUT2D eigenvalue weighted by Gasteiger charge is 2.14. The minimum Gasteiger partial charge on any atom is -0.340 e. The van der Waals surface area contributed by atoms with Gasteiger partial charge in [0.2, 0.25) is 0 Å². The summed E-state index contributed by atoms with van der Waals surface area (Å²) in [7, 11) is 0. The molecule has 0 fully saturated rings. The van der Waals surface area contributed by atoms with Gasteiger partial charge in [0, 0.05) is 0 Å². The maximum Gasteiger partial charge on any atom is 0.128 e. The summed E-state index contributed by atoms with van der Waals surface area (Å²) >= 11 is 6.10. The average Bonchev–Trinajstić information content (AvgIpc) is 2.84. The summed E-state index contributed by atoms with van der Waals surface area (Å²) in [6, 6.07) is 15.2. The van der Waals surface area contributed by atoms with E-state index in [0.717, 1.165) is 22.4 Å². The molecule has 0 aliphatic rings. The summed E-state index contributed by atoms with van der Waals surface area (Å²) in [5, 5.41) is 0.635. The Morgan fingerprint density at radius 2 is 1.83 bits per heavy atom. The van der Waals surface area contributed by atoms with Crippen LogP contribution in [-0.4, -0.2) is 9.97 Å². The van der Waals surface area contributed by atoms with Gasteiger partial charge in [0.25, 0.3) is 0 Å². The molecule has 0 spiro atoms. The Bertz CT molecular complexity index is 676. The van der Waals surface area contributed by atoms with Crippen LogP contribution in [-0.2, 0) is 0 Å². The molecule has 3 rings (SSSR count). The second kappa shape index (κ2) is 4.44. The molecule has 1 atom stereocenters. The highest BCUT2D eigenvalue weighted by Crippen LogP contribution is 2.24. The molecule has 3 nitrogen and oxygen atoms in total. The maximum absolute atomic E-state index is 6.19. The third kappa shape index (κ3) is 1.88. The first kappa shape index (κ1) is 11.3. The van der Waals surface area contributed by atoms with Crippen LogP contribution in [0.25, 0.3) is 11.0 Å². The topological polar surface area (TPSA) is 54.7 Å². The molecular formula is C14H12ClN3. The Kier molecular flexibility index (Phi) is 2.78. The van der Waals surface area contributed by atoms with Crippen LogP contribution in [0, 0.1) is 0 Å². The monoisotopic (exact) mass is 257 g/mol. The first-order valence-electron chi connectivity index (χ1n) is 5.70. The zero-order valence-corrected chi connectivity index (χ0v) is 10.4. The molecule has 90 valence electrons. The lowest BCUT2D eigenvalue weighted by Gasteiger charge is -2.08. The van der Waals surface area contributed by atoms with E-state index in [2.05, 4.69) is 9.97 Å². The Morgan fingerprint density at radius 1 is 1.06 bits per heavy atom. The van der Waals surface area contributed by atoms with Crippen molar-refractivity contribution in [2.75, 3.05) is 0 Å². The fraction of sp³-hybridized carbons (Fsp3) is 0.0714. The van der Waals surface area contributed by atoms with Gasteiger partial charge in [0.05, 0.1) is 16.6 Å². The highest BCUT2D eigenvalue weighted by molar-refractivity contribution is 6.34. The summed E-state index contributed by atoms with van der Waals surface area (Å²) in [4.78, 5) is 7.69. The number of nitrogens with zero attached hydrogens (tertiary/aromatic N) is 1. The molecule has 3 aromatic rings. The third-order valence-corrected chi connectivity index (χ3v) is 3.24. The molecule has 0 saturated carbocycles. The van der Waals surface area contributed by atoms with Crippen LogP contribution in [0.1, 0.15) is 17.4 Å². The van der Waals surface area contributed by atoms with E-state index >= 15 is 0 Å². The number of aromatic nitrogens is 2. The zero-order chi connectivity index (χ0) is 12.5. The summed E-state index contributed by atoms with van der Waals surface area (Å²) in [6.45, 7) is 0. The van der Waals surface area contributed by atoms with Gasteiger partial charge in [0.15, 0.2) is 0 Å². The van der Waals surface area contributed by atoms with E-state index in [1.54, 1.807) is 0 Å². The number of hydrogen-bond donors (Lipinski definition) is 2. The van der Waals surface area contributed by atoms with Gasteiger partial charge in [0.1, 0.15) is 11.3 Å². The molecule has 0 aliphatic heterocycles. The predicted molar refractivity (Wildman–Crippen MR) is 73.6 cm³/mol. The molecule has 0 radical (unpaired) electrons. The van der Waals surface area contributed by atoms with Gasteiger partial charge >= 0.3 is 0 Å². The summed E-state index contributed by atoms with van der Waals surface area (Å²) < 4.78 is 0. The second-order valence-electron chi connectivity index (χ2n) is 4.15. The Balaban J connectivity index is 2.07. The molecule has 0 aliphatic carbocycles. The molecule has 3 N–H and O–H groups in total. The van der Waals surface area contributed by atoms with Crippen molar-refractivity contribution < 1.29 is 0 Å². The van der Waals surface area contributed by atoms with E-state index in [1.807, 2.05) is 48.5 Å². The Morgan fingerprint density at radius 3 is 2.56 bits per heavy atom. The number of benzene rings is 2. The van der Waals surface area contributed by atoms with Crippen LogP contribution in [0.2, 0.25) is 5.02 Å². The quantitative estimate of drug-likeness (QED) is 0.740. The maximum atomic E-state index is 6.19. The molecule has 1 heterocycles. The smallest absolute Gasteiger partial charge is 0.128 e. The molecule has 1 unspecified atom stereocenters. The number of H-pyrrole nitrogens is 1. The molecule has 4 heteroatoms. The van der Waals surface area contributed by atoms with Gasteiger partial charge in [-0.3, -0.25) is 0 Å². The number of aromatic amines is 1. The van der Waals surface area contributed by atoms with Gasteiger partial charge in [-0.1, -0.05) is 48.0 Å². The summed E-state index contributed by atoms with van der Waals surface area (Å²) in [5.41, 5.74) is 8.89. The Hall–Kier alpha value is -1.84. The molecule has 0 bridgehead atoms. The number of nitrogens with two attached hydrogens (primary N) is 1. The van der Waals surface area contributed by atoms with Crippen molar-refractivity contribution in [2.24, 2.45) is 5.73 Å². The van der Waals surface area contributed by atoms with E-state index in [-0.39, 0.29) is 6.04 Å². The van der Waals surface area contributed by atoms with Crippen LogP contribution in [0.3, 0.4) is 0 Å². The number of hydrogen-bond acceptors (Lipinski definition) is 2. The van der Waals surface area contributed by atoms with Gasteiger partial charge in [-0.15, -0.1) is 0 Å². The van der Waals surface area contributed by atoms with Crippen molar-refractivity contribution in [1.29, 1.82) is 0 Å².